The van der Waals surface area contributed by atoms with Crippen LogP contribution in [0.25, 0.3) is 22.2 Å². The Labute approximate surface area is 188 Å². The molecule has 0 fully saturated rings. The molecule has 4 rings (SSSR count). The van der Waals surface area contributed by atoms with E-state index < -0.39 is 0 Å². The van der Waals surface area contributed by atoms with Gasteiger partial charge in [-0.15, -0.1) is 21.5 Å². The van der Waals surface area contributed by atoms with Crippen molar-refractivity contribution in [3.05, 3.63) is 63.6 Å². The van der Waals surface area contributed by atoms with Crippen LogP contribution in [0.4, 0.5) is 0 Å². The monoisotopic (exact) mass is 456 g/mol. The zero-order chi connectivity index (χ0) is 22.0. The second-order valence-electron chi connectivity index (χ2n) is 7.05. The van der Waals surface area contributed by atoms with Crippen LogP contribution in [0, 0.1) is 13.8 Å². The molecule has 1 aromatic carbocycles. The van der Waals surface area contributed by atoms with Crippen molar-refractivity contribution in [2.24, 2.45) is 0 Å². The molecule has 3 aromatic heterocycles. The normalized spacial score (nSPS) is 11.1. The lowest BCUT2D eigenvalue weighted by atomic mass is 10.2. The van der Waals surface area contributed by atoms with Crippen LogP contribution in [0.3, 0.4) is 0 Å². The van der Waals surface area contributed by atoms with Gasteiger partial charge in [-0.05, 0) is 44.5 Å². The molecule has 0 saturated heterocycles. The van der Waals surface area contributed by atoms with E-state index in [0.717, 1.165) is 12.2 Å². The molecule has 31 heavy (non-hydrogen) atoms. The number of carbonyl (C=O) groups is 1. The highest BCUT2D eigenvalue weighted by atomic mass is 35.5. The number of hydrogen-bond acceptors (Lipinski definition) is 7. The predicted molar refractivity (Wildman–Crippen MR) is 119 cm³/mol. The van der Waals surface area contributed by atoms with Crippen molar-refractivity contribution < 1.29 is 13.6 Å². The molecule has 9 heteroatoms. The predicted octanol–water partition coefficient (Wildman–Crippen LogP) is 5.78. The average molecular weight is 457 g/mol. The number of aromatic nitrogens is 3. The first-order chi connectivity index (χ1) is 15.0. The molecule has 160 valence electrons. The molecular formula is C22H21ClN4O3S. The van der Waals surface area contributed by atoms with Gasteiger partial charge in [-0.2, -0.15) is 0 Å². The lowest BCUT2D eigenvalue weighted by molar-refractivity contribution is 0.0732. The summed E-state index contributed by atoms with van der Waals surface area (Å²) >= 11 is 7.54. The van der Waals surface area contributed by atoms with Gasteiger partial charge >= 0.3 is 0 Å². The molecule has 0 bridgehead atoms. The maximum atomic E-state index is 13.3. The molecule has 0 aliphatic carbocycles. The standard InChI is InChI=1S/C22H21ClN4O3S/c1-4-11-27(12-18-25-26-20(30-18)15-7-5-6-8-16(15)23)22(28)19-14(3)24-21(31-19)17-10-9-13(2)29-17/h5-10H,4,11-12H2,1-3H3. The van der Waals surface area contributed by atoms with Gasteiger partial charge in [0, 0.05) is 6.54 Å². The van der Waals surface area contributed by atoms with Crippen molar-refractivity contribution in [1.82, 2.24) is 20.1 Å². The molecule has 7 nitrogen and oxygen atoms in total. The third-order valence-corrected chi connectivity index (χ3v) is 6.11. The Hall–Kier alpha value is -2.97. The minimum absolute atomic E-state index is 0.121. The number of rotatable bonds is 7. The summed E-state index contributed by atoms with van der Waals surface area (Å²) in [5.74, 6) is 2.01. The minimum Gasteiger partial charge on any atom is -0.459 e. The fraction of sp³-hybridized carbons (Fsp3) is 0.273. The van der Waals surface area contributed by atoms with E-state index in [1.54, 1.807) is 11.0 Å². The molecule has 0 aliphatic rings. The van der Waals surface area contributed by atoms with E-state index >= 15 is 0 Å². The summed E-state index contributed by atoms with van der Waals surface area (Å²) in [7, 11) is 0. The third-order valence-electron chi connectivity index (χ3n) is 4.62. The Morgan fingerprint density at radius 2 is 1.94 bits per heavy atom. The van der Waals surface area contributed by atoms with Crippen molar-refractivity contribution in [3.8, 4) is 22.2 Å². The van der Waals surface area contributed by atoms with Crippen molar-refractivity contribution >= 4 is 28.8 Å². The zero-order valence-corrected chi connectivity index (χ0v) is 19.0. The fourth-order valence-electron chi connectivity index (χ4n) is 3.14. The van der Waals surface area contributed by atoms with E-state index in [9.17, 15) is 4.79 Å². The third kappa shape index (κ3) is 4.55. The van der Waals surface area contributed by atoms with E-state index in [0.29, 0.717) is 50.3 Å². The van der Waals surface area contributed by atoms with E-state index in [4.69, 9.17) is 20.4 Å². The quantitative estimate of drug-likeness (QED) is 0.350. The molecule has 0 unspecified atom stereocenters. The smallest absolute Gasteiger partial charge is 0.266 e. The van der Waals surface area contributed by atoms with Crippen molar-refractivity contribution in [1.29, 1.82) is 0 Å². The van der Waals surface area contributed by atoms with E-state index in [1.165, 1.54) is 11.3 Å². The van der Waals surface area contributed by atoms with Gasteiger partial charge in [-0.1, -0.05) is 30.7 Å². The first-order valence-electron chi connectivity index (χ1n) is 9.87. The SMILES string of the molecule is CCCN(Cc1nnc(-c2ccccc2Cl)o1)C(=O)c1sc(-c2ccc(C)o2)nc1C. The highest BCUT2D eigenvalue weighted by molar-refractivity contribution is 7.17. The van der Waals surface area contributed by atoms with Crippen LogP contribution in [-0.2, 0) is 6.54 Å². The molecule has 0 atom stereocenters. The molecule has 0 N–H and O–H groups in total. The number of amides is 1. The number of furan rings is 1. The highest BCUT2D eigenvalue weighted by Crippen LogP contribution is 2.31. The first kappa shape index (κ1) is 21.3. The van der Waals surface area contributed by atoms with Gasteiger partial charge in [-0.25, -0.2) is 4.98 Å². The Balaban J connectivity index is 1.56. The molecule has 0 aliphatic heterocycles. The molecule has 0 radical (unpaired) electrons. The number of benzene rings is 1. The average Bonchev–Trinajstić information content (AvgIpc) is 3.48. The van der Waals surface area contributed by atoms with E-state index in [1.807, 2.05) is 51.1 Å². The van der Waals surface area contributed by atoms with Gasteiger partial charge in [-0.3, -0.25) is 4.79 Å². The van der Waals surface area contributed by atoms with Crippen LogP contribution in [0.5, 0.6) is 0 Å². The van der Waals surface area contributed by atoms with Crippen LogP contribution in [-0.4, -0.2) is 32.5 Å². The molecule has 3 heterocycles. The summed E-state index contributed by atoms with van der Waals surface area (Å²) in [4.78, 5) is 20.1. The second kappa shape index (κ2) is 9.03. The fourth-order valence-corrected chi connectivity index (χ4v) is 4.35. The van der Waals surface area contributed by atoms with Gasteiger partial charge < -0.3 is 13.7 Å². The topological polar surface area (TPSA) is 85.3 Å². The minimum atomic E-state index is -0.121. The van der Waals surface area contributed by atoms with Crippen LogP contribution < -0.4 is 0 Å². The van der Waals surface area contributed by atoms with Crippen LogP contribution in [0.2, 0.25) is 5.02 Å². The molecular weight excluding hydrogens is 436 g/mol. The van der Waals surface area contributed by atoms with Gasteiger partial charge in [0.1, 0.15) is 10.6 Å². The summed E-state index contributed by atoms with van der Waals surface area (Å²) in [5.41, 5.74) is 1.33. The number of nitrogens with zero attached hydrogens (tertiary/aromatic N) is 4. The summed E-state index contributed by atoms with van der Waals surface area (Å²) in [6.45, 7) is 6.47. The summed E-state index contributed by atoms with van der Waals surface area (Å²) in [5, 5.41) is 9.42. The van der Waals surface area contributed by atoms with Gasteiger partial charge in [0.25, 0.3) is 5.91 Å². The van der Waals surface area contributed by atoms with Crippen molar-refractivity contribution in [2.75, 3.05) is 6.54 Å². The Bertz CT molecular complexity index is 1210. The number of carbonyl (C=O) groups excluding carboxylic acids is 1. The number of thiazole rings is 1. The van der Waals surface area contributed by atoms with E-state index in [-0.39, 0.29) is 12.5 Å². The molecule has 4 aromatic rings. The largest absolute Gasteiger partial charge is 0.459 e. The maximum absolute atomic E-state index is 13.3. The number of aryl methyl sites for hydroxylation is 2. The van der Waals surface area contributed by atoms with Crippen molar-refractivity contribution in [3.63, 3.8) is 0 Å². The highest BCUT2D eigenvalue weighted by Gasteiger charge is 2.24. The molecule has 1 amide bonds. The van der Waals surface area contributed by atoms with E-state index in [2.05, 4.69) is 15.2 Å². The summed E-state index contributed by atoms with van der Waals surface area (Å²) in [6.07, 6.45) is 0.791. The van der Waals surface area contributed by atoms with Gasteiger partial charge in [0.15, 0.2) is 10.8 Å². The van der Waals surface area contributed by atoms with Crippen LogP contribution in [0.1, 0.15) is 40.4 Å². The molecule has 0 spiro atoms. The number of halogens is 1. The number of hydrogen-bond donors (Lipinski definition) is 0. The second-order valence-corrected chi connectivity index (χ2v) is 8.46. The Morgan fingerprint density at radius 1 is 1.13 bits per heavy atom. The lowest BCUT2D eigenvalue weighted by Gasteiger charge is -2.19. The lowest BCUT2D eigenvalue weighted by Crippen LogP contribution is -2.31. The summed E-state index contributed by atoms with van der Waals surface area (Å²) in [6, 6.07) is 11.0. The maximum Gasteiger partial charge on any atom is 0.266 e. The summed E-state index contributed by atoms with van der Waals surface area (Å²) < 4.78 is 11.4. The van der Waals surface area contributed by atoms with Crippen LogP contribution >= 0.6 is 22.9 Å². The first-order valence-corrected chi connectivity index (χ1v) is 11.1. The van der Waals surface area contributed by atoms with Gasteiger partial charge in [0.05, 0.1) is 22.8 Å². The van der Waals surface area contributed by atoms with Gasteiger partial charge in [0.2, 0.25) is 11.8 Å². The Morgan fingerprint density at radius 3 is 2.65 bits per heavy atom. The van der Waals surface area contributed by atoms with Crippen LogP contribution in [0.15, 0.2) is 45.2 Å². The zero-order valence-electron chi connectivity index (χ0n) is 17.4. The Kier molecular flexibility index (Phi) is 6.20. The molecule has 0 saturated carbocycles. The van der Waals surface area contributed by atoms with Crippen molar-refractivity contribution in [2.45, 2.75) is 33.7 Å².